The van der Waals surface area contributed by atoms with Gasteiger partial charge in [-0.15, -0.1) is 24.0 Å². The van der Waals surface area contributed by atoms with E-state index < -0.39 is 0 Å². The molecule has 1 aromatic carbocycles. The van der Waals surface area contributed by atoms with Crippen molar-refractivity contribution < 1.29 is 9.26 Å². The van der Waals surface area contributed by atoms with Crippen LogP contribution in [-0.4, -0.2) is 24.8 Å². The van der Waals surface area contributed by atoms with Crippen molar-refractivity contribution in [1.29, 1.82) is 0 Å². The van der Waals surface area contributed by atoms with Gasteiger partial charge in [-0.1, -0.05) is 23.4 Å². The minimum Gasteiger partial charge on any atom is -0.493 e. The van der Waals surface area contributed by atoms with Gasteiger partial charge in [-0.3, -0.25) is 4.99 Å². The summed E-state index contributed by atoms with van der Waals surface area (Å²) in [5.74, 6) is 2.40. The maximum absolute atomic E-state index is 5.92. The Bertz CT molecular complexity index is 642. The lowest BCUT2D eigenvalue weighted by Crippen LogP contribution is -2.36. The van der Waals surface area contributed by atoms with Crippen LogP contribution in [0.25, 0.3) is 0 Å². The van der Waals surface area contributed by atoms with Crippen molar-refractivity contribution >= 4 is 29.9 Å². The Morgan fingerprint density at radius 2 is 2.04 bits per heavy atom. The molecular formula is C17H23IN4O2. The highest BCUT2D eigenvalue weighted by molar-refractivity contribution is 14.0. The number of aliphatic imine (C=N–C) groups is 1. The van der Waals surface area contributed by atoms with E-state index in [2.05, 4.69) is 26.8 Å². The van der Waals surface area contributed by atoms with Crippen LogP contribution in [0.15, 0.2) is 46.1 Å². The Hall–Kier alpha value is -1.77. The molecule has 0 atom stereocenters. The van der Waals surface area contributed by atoms with E-state index in [1.54, 1.807) is 13.3 Å². The Labute approximate surface area is 159 Å². The van der Waals surface area contributed by atoms with Gasteiger partial charge in [-0.05, 0) is 24.8 Å². The lowest BCUT2D eigenvalue weighted by Gasteiger charge is -2.14. The SMILES string of the molecule is CN=C(NCc1ccon1)NCc1ccccc1OCC1CC1.I. The summed E-state index contributed by atoms with van der Waals surface area (Å²) in [5.41, 5.74) is 1.96. The van der Waals surface area contributed by atoms with Crippen LogP contribution in [0, 0.1) is 5.92 Å². The Kier molecular flexibility index (Phi) is 7.36. The molecule has 2 aromatic rings. The van der Waals surface area contributed by atoms with Crippen LogP contribution < -0.4 is 15.4 Å². The minimum absolute atomic E-state index is 0. The number of aromatic nitrogens is 1. The summed E-state index contributed by atoms with van der Waals surface area (Å²) >= 11 is 0. The minimum atomic E-state index is 0. The summed E-state index contributed by atoms with van der Waals surface area (Å²) in [6.45, 7) is 2.03. The van der Waals surface area contributed by atoms with E-state index in [0.717, 1.165) is 29.5 Å². The highest BCUT2D eigenvalue weighted by atomic mass is 127. The molecule has 0 bridgehead atoms. The molecule has 3 rings (SSSR count). The second kappa shape index (κ2) is 9.51. The average Bonchev–Trinajstić information content (AvgIpc) is 3.27. The first-order valence-electron chi connectivity index (χ1n) is 7.89. The molecule has 0 unspecified atom stereocenters. The fourth-order valence-corrected chi connectivity index (χ4v) is 2.19. The monoisotopic (exact) mass is 442 g/mol. The van der Waals surface area contributed by atoms with Gasteiger partial charge < -0.3 is 19.9 Å². The maximum Gasteiger partial charge on any atom is 0.191 e. The van der Waals surface area contributed by atoms with Crippen molar-refractivity contribution in [3.63, 3.8) is 0 Å². The first kappa shape index (κ1) is 18.6. The number of benzene rings is 1. The summed E-state index contributed by atoms with van der Waals surface area (Å²) < 4.78 is 10.7. The van der Waals surface area contributed by atoms with E-state index in [9.17, 15) is 0 Å². The maximum atomic E-state index is 5.92. The number of nitrogens with zero attached hydrogens (tertiary/aromatic N) is 2. The number of rotatable bonds is 7. The lowest BCUT2D eigenvalue weighted by molar-refractivity contribution is 0.296. The molecule has 0 spiro atoms. The topological polar surface area (TPSA) is 71.7 Å². The summed E-state index contributed by atoms with van der Waals surface area (Å²) in [7, 11) is 1.74. The average molecular weight is 442 g/mol. The zero-order chi connectivity index (χ0) is 15.9. The fourth-order valence-electron chi connectivity index (χ4n) is 2.19. The van der Waals surface area contributed by atoms with Gasteiger partial charge >= 0.3 is 0 Å². The molecule has 1 aliphatic rings. The highest BCUT2D eigenvalue weighted by Crippen LogP contribution is 2.30. The number of nitrogens with one attached hydrogen (secondary N) is 2. The second-order valence-electron chi connectivity index (χ2n) is 5.63. The van der Waals surface area contributed by atoms with Crippen LogP contribution in [0.2, 0.25) is 0 Å². The predicted molar refractivity (Wildman–Crippen MR) is 104 cm³/mol. The molecular weight excluding hydrogens is 419 g/mol. The normalized spacial score (nSPS) is 14.0. The van der Waals surface area contributed by atoms with Crippen molar-refractivity contribution in [2.75, 3.05) is 13.7 Å². The van der Waals surface area contributed by atoms with Gasteiger partial charge in [-0.25, -0.2) is 0 Å². The van der Waals surface area contributed by atoms with E-state index in [4.69, 9.17) is 9.26 Å². The molecule has 1 fully saturated rings. The number of hydrogen-bond donors (Lipinski definition) is 2. The molecule has 1 saturated carbocycles. The van der Waals surface area contributed by atoms with Crippen molar-refractivity contribution in [1.82, 2.24) is 15.8 Å². The van der Waals surface area contributed by atoms with Crippen LogP contribution in [0.5, 0.6) is 5.75 Å². The largest absolute Gasteiger partial charge is 0.493 e. The van der Waals surface area contributed by atoms with E-state index in [1.165, 1.54) is 12.8 Å². The Morgan fingerprint density at radius 3 is 2.75 bits per heavy atom. The number of halogens is 1. The smallest absolute Gasteiger partial charge is 0.191 e. The third-order valence-electron chi connectivity index (χ3n) is 3.74. The molecule has 2 N–H and O–H groups in total. The number of para-hydroxylation sites is 1. The molecule has 1 aliphatic carbocycles. The number of ether oxygens (including phenoxy) is 1. The Balaban J connectivity index is 0.00000208. The van der Waals surface area contributed by atoms with Crippen LogP contribution in [0.1, 0.15) is 24.1 Å². The van der Waals surface area contributed by atoms with Crippen molar-refractivity contribution in [3.8, 4) is 5.75 Å². The van der Waals surface area contributed by atoms with Crippen LogP contribution in [0.4, 0.5) is 0 Å². The molecule has 0 aliphatic heterocycles. The molecule has 1 aromatic heterocycles. The summed E-state index contributed by atoms with van der Waals surface area (Å²) in [6, 6.07) is 9.93. The summed E-state index contributed by atoms with van der Waals surface area (Å²) in [6.07, 6.45) is 4.14. The van der Waals surface area contributed by atoms with Crippen LogP contribution in [0.3, 0.4) is 0 Å². The Morgan fingerprint density at radius 1 is 1.25 bits per heavy atom. The number of hydrogen-bond acceptors (Lipinski definition) is 4. The van der Waals surface area contributed by atoms with Gasteiger partial charge in [0, 0.05) is 25.2 Å². The third-order valence-corrected chi connectivity index (χ3v) is 3.74. The van der Waals surface area contributed by atoms with Gasteiger partial charge in [0.1, 0.15) is 17.7 Å². The molecule has 130 valence electrons. The van der Waals surface area contributed by atoms with E-state index in [1.807, 2.05) is 24.3 Å². The second-order valence-corrected chi connectivity index (χ2v) is 5.63. The van der Waals surface area contributed by atoms with Gasteiger partial charge in [0.25, 0.3) is 0 Å². The van der Waals surface area contributed by atoms with Gasteiger partial charge in [0.2, 0.25) is 0 Å². The fraction of sp³-hybridized carbons (Fsp3) is 0.412. The van der Waals surface area contributed by atoms with E-state index >= 15 is 0 Å². The standard InChI is InChI=1S/C17H22N4O2.HI/c1-18-17(20-11-15-8-9-23-21-15)19-10-14-4-2-3-5-16(14)22-12-13-6-7-13;/h2-5,8-9,13H,6-7,10-12H2,1H3,(H2,18,19,20);1H. The van der Waals surface area contributed by atoms with Crippen LogP contribution in [-0.2, 0) is 13.1 Å². The zero-order valence-corrected chi connectivity index (χ0v) is 16.0. The van der Waals surface area contributed by atoms with Crippen LogP contribution >= 0.6 is 24.0 Å². The van der Waals surface area contributed by atoms with Crippen molar-refractivity contribution in [3.05, 3.63) is 47.9 Å². The summed E-state index contributed by atoms with van der Waals surface area (Å²) in [5, 5.41) is 10.4. The molecule has 0 radical (unpaired) electrons. The van der Waals surface area contributed by atoms with E-state index in [-0.39, 0.29) is 24.0 Å². The van der Waals surface area contributed by atoms with Gasteiger partial charge in [0.15, 0.2) is 5.96 Å². The molecule has 7 heteroatoms. The van der Waals surface area contributed by atoms with Gasteiger partial charge in [-0.2, -0.15) is 0 Å². The van der Waals surface area contributed by atoms with Crippen molar-refractivity contribution in [2.24, 2.45) is 10.9 Å². The third kappa shape index (κ3) is 5.70. The van der Waals surface area contributed by atoms with Crippen molar-refractivity contribution in [2.45, 2.75) is 25.9 Å². The number of guanidine groups is 1. The first-order chi connectivity index (χ1) is 11.3. The molecule has 24 heavy (non-hydrogen) atoms. The van der Waals surface area contributed by atoms with E-state index in [0.29, 0.717) is 19.0 Å². The quantitative estimate of drug-likeness (QED) is 0.392. The molecule has 0 amide bonds. The molecule has 6 nitrogen and oxygen atoms in total. The van der Waals surface area contributed by atoms with Gasteiger partial charge in [0.05, 0.1) is 13.2 Å². The summed E-state index contributed by atoms with van der Waals surface area (Å²) in [4.78, 5) is 4.21. The molecule has 1 heterocycles. The predicted octanol–water partition coefficient (Wildman–Crippen LogP) is 2.95. The zero-order valence-electron chi connectivity index (χ0n) is 13.7. The first-order valence-corrected chi connectivity index (χ1v) is 7.89. The lowest BCUT2D eigenvalue weighted by atomic mass is 10.2. The highest BCUT2D eigenvalue weighted by Gasteiger charge is 2.22. The molecule has 0 saturated heterocycles.